The van der Waals surface area contributed by atoms with Gasteiger partial charge in [0.25, 0.3) is 0 Å². The molecule has 0 unspecified atom stereocenters. The molecule has 0 aromatic heterocycles. The average Bonchev–Trinajstić information content (AvgIpc) is 2.38. The van der Waals surface area contributed by atoms with Crippen molar-refractivity contribution in [2.24, 2.45) is 5.92 Å². The van der Waals surface area contributed by atoms with Gasteiger partial charge in [0, 0.05) is 0 Å². The molecule has 0 radical (unpaired) electrons. The van der Waals surface area contributed by atoms with Crippen LogP contribution >= 0.6 is 0 Å². The summed E-state index contributed by atoms with van der Waals surface area (Å²) in [6.07, 6.45) is 4.99. The first-order chi connectivity index (χ1) is 8.34. The normalized spacial score (nSPS) is 16.9. The van der Waals surface area contributed by atoms with Crippen molar-refractivity contribution in [3.05, 3.63) is 24.3 Å². The van der Waals surface area contributed by atoms with Gasteiger partial charge in [-0.15, -0.1) is 0 Å². The molecule has 0 spiro atoms. The van der Waals surface area contributed by atoms with Crippen LogP contribution in [0.3, 0.4) is 0 Å². The molecule has 0 atom stereocenters. The Morgan fingerprint density at radius 1 is 1.18 bits per heavy atom. The molecule has 3 heteroatoms. The van der Waals surface area contributed by atoms with Crippen LogP contribution in [0.4, 0.5) is 0 Å². The fraction of sp³-hybridized carbons (Fsp3) is 0.571. The summed E-state index contributed by atoms with van der Waals surface area (Å²) in [4.78, 5) is 0. The van der Waals surface area contributed by atoms with Crippen LogP contribution in [0.5, 0.6) is 11.5 Å². The van der Waals surface area contributed by atoms with E-state index in [1.165, 1.54) is 32.4 Å². The fourth-order valence-corrected chi connectivity index (χ4v) is 2.27. The van der Waals surface area contributed by atoms with Crippen molar-refractivity contribution < 1.29 is 9.84 Å². The number of piperidine rings is 1. The quantitative estimate of drug-likeness (QED) is 0.771. The predicted molar refractivity (Wildman–Crippen MR) is 68.4 cm³/mol. The summed E-state index contributed by atoms with van der Waals surface area (Å²) in [5.74, 6) is 2.00. The zero-order valence-corrected chi connectivity index (χ0v) is 10.2. The Hall–Kier alpha value is -1.22. The van der Waals surface area contributed by atoms with Crippen LogP contribution in [0.25, 0.3) is 0 Å². The number of phenols is 1. The van der Waals surface area contributed by atoms with E-state index < -0.39 is 0 Å². The van der Waals surface area contributed by atoms with Crippen LogP contribution < -0.4 is 10.1 Å². The van der Waals surface area contributed by atoms with Crippen molar-refractivity contribution in [1.29, 1.82) is 0 Å². The Morgan fingerprint density at radius 2 is 1.88 bits per heavy atom. The summed E-state index contributed by atoms with van der Waals surface area (Å²) in [5.41, 5.74) is 0. The molecule has 1 aliphatic heterocycles. The third-order valence-electron chi connectivity index (χ3n) is 3.32. The molecular weight excluding hydrogens is 214 g/mol. The first-order valence-electron chi connectivity index (χ1n) is 6.47. The van der Waals surface area contributed by atoms with Gasteiger partial charge in [0.15, 0.2) is 0 Å². The molecule has 0 aliphatic carbocycles. The Morgan fingerprint density at radius 3 is 2.59 bits per heavy atom. The molecule has 0 amide bonds. The van der Waals surface area contributed by atoms with Gasteiger partial charge >= 0.3 is 0 Å². The Kier molecular flexibility index (Phi) is 4.68. The second kappa shape index (κ2) is 6.50. The third-order valence-corrected chi connectivity index (χ3v) is 3.32. The van der Waals surface area contributed by atoms with Gasteiger partial charge in [-0.25, -0.2) is 0 Å². The summed E-state index contributed by atoms with van der Waals surface area (Å²) >= 11 is 0. The van der Waals surface area contributed by atoms with Gasteiger partial charge in [0.2, 0.25) is 0 Å². The van der Waals surface area contributed by atoms with E-state index in [9.17, 15) is 0 Å². The summed E-state index contributed by atoms with van der Waals surface area (Å²) in [7, 11) is 0. The highest BCUT2D eigenvalue weighted by Crippen LogP contribution is 2.19. The average molecular weight is 235 g/mol. The molecule has 1 aromatic rings. The first kappa shape index (κ1) is 12.2. The smallest absolute Gasteiger partial charge is 0.119 e. The number of rotatable bonds is 5. The SMILES string of the molecule is Oc1ccc(OCCCC2CCNCC2)cc1. The maximum absolute atomic E-state index is 9.14. The molecule has 1 aliphatic rings. The van der Waals surface area contributed by atoms with Gasteiger partial charge in [-0.1, -0.05) is 0 Å². The molecule has 2 N–H and O–H groups in total. The van der Waals surface area contributed by atoms with Gasteiger partial charge < -0.3 is 15.2 Å². The molecule has 1 fully saturated rings. The predicted octanol–water partition coefficient (Wildman–Crippen LogP) is 2.55. The molecule has 17 heavy (non-hydrogen) atoms. The van der Waals surface area contributed by atoms with Gasteiger partial charge in [-0.3, -0.25) is 0 Å². The van der Waals surface area contributed by atoms with Crippen LogP contribution in [-0.2, 0) is 0 Å². The lowest BCUT2D eigenvalue weighted by Crippen LogP contribution is -2.27. The van der Waals surface area contributed by atoms with E-state index in [1.54, 1.807) is 24.3 Å². The highest BCUT2D eigenvalue weighted by atomic mass is 16.5. The standard InChI is InChI=1S/C14H21NO2/c16-13-3-5-14(6-4-13)17-11-1-2-12-7-9-15-10-8-12/h3-6,12,15-16H,1-2,7-11H2. The van der Waals surface area contributed by atoms with E-state index in [2.05, 4.69) is 5.32 Å². The van der Waals surface area contributed by atoms with Crippen molar-refractivity contribution in [2.45, 2.75) is 25.7 Å². The van der Waals surface area contributed by atoms with E-state index in [4.69, 9.17) is 9.84 Å². The molecule has 2 rings (SSSR count). The van der Waals surface area contributed by atoms with Gasteiger partial charge in [-0.05, 0) is 69.0 Å². The molecule has 1 heterocycles. The van der Waals surface area contributed by atoms with Crippen LogP contribution in [-0.4, -0.2) is 24.8 Å². The summed E-state index contributed by atoms with van der Waals surface area (Å²) in [5, 5.41) is 12.5. The number of hydrogen-bond donors (Lipinski definition) is 2. The number of nitrogens with one attached hydrogen (secondary N) is 1. The van der Waals surface area contributed by atoms with Crippen LogP contribution in [0, 0.1) is 5.92 Å². The maximum atomic E-state index is 9.14. The topological polar surface area (TPSA) is 41.5 Å². The number of hydrogen-bond acceptors (Lipinski definition) is 3. The van der Waals surface area contributed by atoms with Gasteiger partial charge in [-0.2, -0.15) is 0 Å². The van der Waals surface area contributed by atoms with Crippen molar-refractivity contribution >= 4 is 0 Å². The van der Waals surface area contributed by atoms with Crippen LogP contribution in [0.15, 0.2) is 24.3 Å². The zero-order chi connectivity index (χ0) is 11.9. The second-order valence-corrected chi connectivity index (χ2v) is 4.68. The molecule has 0 saturated carbocycles. The summed E-state index contributed by atoms with van der Waals surface area (Å²) in [6, 6.07) is 6.92. The number of benzene rings is 1. The van der Waals surface area contributed by atoms with E-state index in [1.807, 2.05) is 0 Å². The lowest BCUT2D eigenvalue weighted by Gasteiger charge is -2.22. The molecule has 1 aromatic carbocycles. The number of phenolic OH excluding ortho intramolecular Hbond substituents is 1. The molecule has 3 nitrogen and oxygen atoms in total. The summed E-state index contributed by atoms with van der Waals surface area (Å²) < 4.78 is 5.63. The lowest BCUT2D eigenvalue weighted by atomic mass is 9.93. The third kappa shape index (κ3) is 4.27. The van der Waals surface area contributed by atoms with Crippen molar-refractivity contribution in [1.82, 2.24) is 5.32 Å². The fourth-order valence-electron chi connectivity index (χ4n) is 2.27. The largest absolute Gasteiger partial charge is 0.508 e. The van der Waals surface area contributed by atoms with E-state index in [-0.39, 0.29) is 5.75 Å². The maximum Gasteiger partial charge on any atom is 0.119 e. The lowest BCUT2D eigenvalue weighted by molar-refractivity contribution is 0.273. The van der Waals surface area contributed by atoms with Crippen LogP contribution in [0.2, 0.25) is 0 Å². The van der Waals surface area contributed by atoms with Crippen LogP contribution in [0.1, 0.15) is 25.7 Å². The molecule has 94 valence electrons. The minimum Gasteiger partial charge on any atom is -0.508 e. The van der Waals surface area contributed by atoms with Crippen molar-refractivity contribution in [2.75, 3.05) is 19.7 Å². The molecule has 0 bridgehead atoms. The van der Waals surface area contributed by atoms with Crippen molar-refractivity contribution in [3.8, 4) is 11.5 Å². The highest BCUT2D eigenvalue weighted by Gasteiger charge is 2.12. The zero-order valence-electron chi connectivity index (χ0n) is 10.2. The van der Waals surface area contributed by atoms with E-state index in [0.717, 1.165) is 24.7 Å². The van der Waals surface area contributed by atoms with Gasteiger partial charge in [0.1, 0.15) is 11.5 Å². The minimum atomic E-state index is 0.284. The monoisotopic (exact) mass is 235 g/mol. The molecular formula is C14H21NO2. The minimum absolute atomic E-state index is 0.284. The molecule has 1 saturated heterocycles. The Labute approximate surface area is 103 Å². The Bertz CT molecular complexity index is 317. The second-order valence-electron chi connectivity index (χ2n) is 4.68. The number of aromatic hydroxyl groups is 1. The van der Waals surface area contributed by atoms with Gasteiger partial charge in [0.05, 0.1) is 6.61 Å². The summed E-state index contributed by atoms with van der Waals surface area (Å²) in [6.45, 7) is 3.11. The van der Waals surface area contributed by atoms with Crippen molar-refractivity contribution in [3.63, 3.8) is 0 Å². The first-order valence-corrected chi connectivity index (χ1v) is 6.47. The highest BCUT2D eigenvalue weighted by molar-refractivity contribution is 5.29. The number of ether oxygens (including phenoxy) is 1. The Balaban J connectivity index is 1.60. The van der Waals surface area contributed by atoms with E-state index >= 15 is 0 Å². The van der Waals surface area contributed by atoms with E-state index in [0.29, 0.717) is 0 Å².